The smallest absolute Gasteiger partial charge is 0.357 e. The maximum absolute atomic E-state index is 10.9. The molecule has 5 heteroatoms. The molecular weight excluding hydrogens is 196 g/mol. The van der Waals surface area contributed by atoms with E-state index >= 15 is 0 Å². The molecule has 0 fully saturated rings. The monoisotopic (exact) mass is 206 g/mol. The molecular formula is C10H10N2O3. The molecule has 0 saturated carbocycles. The number of aryl methyl sites for hydroxylation is 1. The maximum Gasteiger partial charge on any atom is 0.357 e. The van der Waals surface area contributed by atoms with Crippen molar-refractivity contribution >= 4 is 16.9 Å². The van der Waals surface area contributed by atoms with Crippen LogP contribution in [0.1, 0.15) is 16.1 Å². The number of benzene rings is 1. The number of nitrogens with one attached hydrogen (secondary N) is 1. The topological polar surface area (TPSA) is 75.2 Å². The Bertz CT molecular complexity index is 531. The molecule has 1 aromatic heterocycles. The van der Waals surface area contributed by atoms with Gasteiger partial charge in [0.05, 0.1) is 12.6 Å². The van der Waals surface area contributed by atoms with Crippen molar-refractivity contribution in [2.24, 2.45) is 0 Å². The second-order valence-corrected chi connectivity index (χ2v) is 3.24. The average Bonchev–Trinajstić information content (AvgIpc) is 2.61. The Balaban J connectivity index is 2.77. The first-order chi connectivity index (χ1) is 7.13. The molecule has 0 aliphatic rings. The molecule has 0 atom stereocenters. The van der Waals surface area contributed by atoms with Crippen LogP contribution in [0.3, 0.4) is 0 Å². The van der Waals surface area contributed by atoms with E-state index in [-0.39, 0.29) is 5.69 Å². The van der Waals surface area contributed by atoms with E-state index in [1.807, 2.05) is 6.92 Å². The van der Waals surface area contributed by atoms with Crippen LogP contribution in [0, 0.1) is 6.92 Å². The minimum atomic E-state index is -1.03. The van der Waals surface area contributed by atoms with Crippen molar-refractivity contribution in [3.8, 4) is 5.75 Å². The van der Waals surface area contributed by atoms with Gasteiger partial charge < -0.3 is 9.84 Å². The summed E-state index contributed by atoms with van der Waals surface area (Å²) in [4.78, 5) is 10.9. The number of hydrogen-bond acceptors (Lipinski definition) is 3. The lowest BCUT2D eigenvalue weighted by Gasteiger charge is -2.02. The molecule has 0 unspecified atom stereocenters. The third-order valence-corrected chi connectivity index (χ3v) is 2.27. The number of rotatable bonds is 2. The van der Waals surface area contributed by atoms with Gasteiger partial charge in [0.25, 0.3) is 0 Å². The van der Waals surface area contributed by atoms with E-state index in [0.717, 1.165) is 5.56 Å². The van der Waals surface area contributed by atoms with Gasteiger partial charge in [0.15, 0.2) is 5.69 Å². The van der Waals surface area contributed by atoms with Crippen LogP contribution >= 0.6 is 0 Å². The van der Waals surface area contributed by atoms with Crippen LogP contribution in [-0.4, -0.2) is 28.4 Å². The molecule has 0 bridgehead atoms. The van der Waals surface area contributed by atoms with Crippen molar-refractivity contribution < 1.29 is 14.6 Å². The van der Waals surface area contributed by atoms with E-state index < -0.39 is 5.97 Å². The highest BCUT2D eigenvalue weighted by atomic mass is 16.5. The lowest BCUT2D eigenvalue weighted by molar-refractivity contribution is 0.0692. The summed E-state index contributed by atoms with van der Waals surface area (Å²) in [6.45, 7) is 1.83. The summed E-state index contributed by atoms with van der Waals surface area (Å²) in [7, 11) is 1.56. The first-order valence-corrected chi connectivity index (χ1v) is 4.39. The quantitative estimate of drug-likeness (QED) is 0.782. The minimum absolute atomic E-state index is 0.0464. The predicted octanol–water partition coefficient (Wildman–Crippen LogP) is 1.58. The average molecular weight is 206 g/mol. The Morgan fingerprint density at radius 2 is 2.27 bits per heavy atom. The maximum atomic E-state index is 10.9. The number of carbonyl (C=O) groups is 1. The number of carboxylic acids is 1. The van der Waals surface area contributed by atoms with Gasteiger partial charge in [-0.15, -0.1) is 0 Å². The van der Waals surface area contributed by atoms with Crippen LogP contribution < -0.4 is 4.74 Å². The molecule has 2 N–H and O–H groups in total. The van der Waals surface area contributed by atoms with Gasteiger partial charge in [0.1, 0.15) is 5.75 Å². The van der Waals surface area contributed by atoms with Gasteiger partial charge in [-0.05, 0) is 18.6 Å². The van der Waals surface area contributed by atoms with E-state index in [4.69, 9.17) is 9.84 Å². The molecule has 0 radical (unpaired) electrons. The largest absolute Gasteiger partial charge is 0.497 e. The first-order valence-electron chi connectivity index (χ1n) is 4.39. The van der Waals surface area contributed by atoms with Crippen molar-refractivity contribution in [2.45, 2.75) is 6.92 Å². The highest BCUT2D eigenvalue weighted by molar-refractivity contribution is 6.02. The van der Waals surface area contributed by atoms with Gasteiger partial charge >= 0.3 is 5.97 Å². The van der Waals surface area contributed by atoms with E-state index in [2.05, 4.69) is 10.2 Å². The lowest BCUT2D eigenvalue weighted by Crippen LogP contribution is -1.97. The predicted molar refractivity (Wildman–Crippen MR) is 54.3 cm³/mol. The third kappa shape index (κ3) is 1.41. The number of aromatic amines is 1. The van der Waals surface area contributed by atoms with Crippen molar-refractivity contribution in [3.63, 3.8) is 0 Å². The Labute approximate surface area is 85.7 Å². The summed E-state index contributed by atoms with van der Waals surface area (Å²) in [5.41, 5.74) is 1.55. The highest BCUT2D eigenvalue weighted by Gasteiger charge is 2.15. The van der Waals surface area contributed by atoms with Crippen molar-refractivity contribution in [3.05, 3.63) is 23.4 Å². The molecule has 15 heavy (non-hydrogen) atoms. The molecule has 1 aromatic carbocycles. The normalized spacial score (nSPS) is 10.5. The molecule has 0 spiro atoms. The fourth-order valence-electron chi connectivity index (χ4n) is 1.60. The Kier molecular flexibility index (Phi) is 2.07. The molecule has 2 rings (SSSR count). The van der Waals surface area contributed by atoms with Gasteiger partial charge in [-0.2, -0.15) is 5.10 Å². The van der Waals surface area contributed by atoms with Gasteiger partial charge in [-0.25, -0.2) is 4.79 Å². The minimum Gasteiger partial charge on any atom is -0.497 e. The first kappa shape index (κ1) is 9.51. The number of aromatic carboxylic acids is 1. The van der Waals surface area contributed by atoms with Crippen molar-refractivity contribution in [2.75, 3.05) is 7.11 Å². The van der Waals surface area contributed by atoms with Crippen LogP contribution in [0.4, 0.5) is 0 Å². The number of carboxylic acid groups (broad SMARTS) is 1. The van der Waals surface area contributed by atoms with Crippen LogP contribution in [0.25, 0.3) is 10.9 Å². The number of H-pyrrole nitrogens is 1. The Morgan fingerprint density at radius 3 is 2.87 bits per heavy atom. The molecule has 0 saturated heterocycles. The summed E-state index contributed by atoms with van der Waals surface area (Å²) in [5, 5.41) is 16.0. The van der Waals surface area contributed by atoms with Crippen LogP contribution in [0.15, 0.2) is 12.1 Å². The van der Waals surface area contributed by atoms with Gasteiger partial charge in [-0.1, -0.05) is 0 Å². The molecule has 0 aliphatic carbocycles. The van der Waals surface area contributed by atoms with Crippen molar-refractivity contribution in [1.29, 1.82) is 0 Å². The fraction of sp³-hybridized carbons (Fsp3) is 0.200. The summed E-state index contributed by atoms with van der Waals surface area (Å²) >= 11 is 0. The number of hydrogen-bond donors (Lipinski definition) is 2. The number of ether oxygens (including phenoxy) is 1. The van der Waals surface area contributed by atoms with Crippen LogP contribution in [0.5, 0.6) is 5.75 Å². The van der Waals surface area contributed by atoms with Gasteiger partial charge in [-0.3, -0.25) is 5.10 Å². The standard InChI is InChI=1S/C10H10N2O3/c1-5-3-6(15-2)4-7-8(5)9(10(13)14)12-11-7/h3-4H,1-2H3,(H,11,12)(H,13,14). The van der Waals surface area contributed by atoms with E-state index in [0.29, 0.717) is 16.7 Å². The third-order valence-electron chi connectivity index (χ3n) is 2.27. The second-order valence-electron chi connectivity index (χ2n) is 3.24. The van der Waals surface area contributed by atoms with Gasteiger partial charge in [0.2, 0.25) is 0 Å². The summed E-state index contributed by atoms with van der Waals surface area (Å²) in [6, 6.07) is 3.51. The Hall–Kier alpha value is -2.04. The van der Waals surface area contributed by atoms with E-state index in [9.17, 15) is 4.79 Å². The summed E-state index contributed by atoms with van der Waals surface area (Å²) in [6.07, 6.45) is 0. The van der Waals surface area contributed by atoms with Crippen molar-refractivity contribution in [1.82, 2.24) is 10.2 Å². The molecule has 0 aliphatic heterocycles. The number of fused-ring (bicyclic) bond motifs is 1. The number of methoxy groups -OCH3 is 1. The summed E-state index contributed by atoms with van der Waals surface area (Å²) < 4.78 is 5.08. The zero-order valence-corrected chi connectivity index (χ0v) is 8.37. The molecule has 78 valence electrons. The second kappa shape index (κ2) is 3.27. The van der Waals surface area contributed by atoms with Crippen LogP contribution in [-0.2, 0) is 0 Å². The van der Waals surface area contributed by atoms with E-state index in [1.54, 1.807) is 19.2 Å². The molecule has 5 nitrogen and oxygen atoms in total. The lowest BCUT2D eigenvalue weighted by atomic mass is 10.1. The number of aromatic nitrogens is 2. The fourth-order valence-corrected chi connectivity index (χ4v) is 1.60. The molecule has 2 aromatic rings. The summed E-state index contributed by atoms with van der Waals surface area (Å²) in [5.74, 6) is -0.352. The number of nitrogens with zero attached hydrogens (tertiary/aromatic N) is 1. The van der Waals surface area contributed by atoms with Gasteiger partial charge in [0, 0.05) is 11.5 Å². The van der Waals surface area contributed by atoms with Crippen LogP contribution in [0.2, 0.25) is 0 Å². The SMILES string of the molecule is COc1cc(C)c2c(C(=O)O)n[nH]c2c1. The molecule has 1 heterocycles. The Morgan fingerprint density at radius 1 is 1.53 bits per heavy atom. The zero-order valence-electron chi connectivity index (χ0n) is 8.37. The zero-order chi connectivity index (χ0) is 11.0. The highest BCUT2D eigenvalue weighted by Crippen LogP contribution is 2.25. The molecule has 0 amide bonds. The van der Waals surface area contributed by atoms with E-state index in [1.165, 1.54) is 0 Å².